The number of hydrogen-bond acceptors (Lipinski definition) is 3. The number of nitriles is 1. The second kappa shape index (κ2) is 7.10. The van der Waals surface area contributed by atoms with Crippen LogP contribution in [-0.4, -0.2) is 30.1 Å². The van der Waals surface area contributed by atoms with E-state index < -0.39 is 0 Å². The van der Waals surface area contributed by atoms with Crippen LogP contribution in [0, 0.1) is 17.1 Å². The van der Waals surface area contributed by atoms with Gasteiger partial charge >= 0.3 is 0 Å². The van der Waals surface area contributed by atoms with Crippen molar-refractivity contribution < 1.29 is 4.39 Å². The van der Waals surface area contributed by atoms with E-state index >= 15 is 0 Å². The highest BCUT2D eigenvalue weighted by molar-refractivity contribution is 5.49. The summed E-state index contributed by atoms with van der Waals surface area (Å²) in [6, 6.07) is 7.22. The lowest BCUT2D eigenvalue weighted by molar-refractivity contribution is 0.182. The van der Waals surface area contributed by atoms with Crippen LogP contribution in [0.25, 0.3) is 0 Å². The Morgan fingerprint density at radius 3 is 2.37 bits per heavy atom. The molecule has 1 aromatic carbocycles. The van der Waals surface area contributed by atoms with Crippen LogP contribution in [0.5, 0.6) is 0 Å². The third kappa shape index (κ3) is 4.88. The second-order valence-electron chi connectivity index (χ2n) is 5.19. The van der Waals surface area contributed by atoms with Crippen LogP contribution in [0.1, 0.15) is 33.3 Å². The minimum Gasteiger partial charge on any atom is -0.384 e. The molecule has 0 unspecified atom stereocenters. The smallest absolute Gasteiger partial charge is 0.126 e. The predicted molar refractivity (Wildman–Crippen MR) is 76.6 cm³/mol. The summed E-state index contributed by atoms with van der Waals surface area (Å²) in [7, 11) is 0. The lowest BCUT2D eigenvalue weighted by Crippen LogP contribution is -2.40. The van der Waals surface area contributed by atoms with Gasteiger partial charge in [0.25, 0.3) is 0 Å². The first kappa shape index (κ1) is 15.5. The normalized spacial score (nSPS) is 11.1. The van der Waals surface area contributed by atoms with Crippen LogP contribution in [0.15, 0.2) is 18.2 Å². The third-order valence-corrected chi connectivity index (χ3v) is 3.05. The molecule has 1 aromatic rings. The van der Waals surface area contributed by atoms with E-state index in [1.54, 1.807) is 6.07 Å². The minimum atomic E-state index is -0.383. The van der Waals surface area contributed by atoms with Gasteiger partial charge in [0.2, 0.25) is 0 Å². The fourth-order valence-corrected chi connectivity index (χ4v) is 2.20. The summed E-state index contributed by atoms with van der Waals surface area (Å²) in [5.41, 5.74) is 0.996. The molecule has 104 valence electrons. The van der Waals surface area contributed by atoms with E-state index in [0.717, 1.165) is 13.1 Å². The Bertz CT molecular complexity index is 441. The van der Waals surface area contributed by atoms with Crippen LogP contribution in [0.4, 0.5) is 10.1 Å². The first-order valence-corrected chi connectivity index (χ1v) is 6.64. The summed E-state index contributed by atoms with van der Waals surface area (Å²) in [6.07, 6.45) is 0. The molecule has 0 bridgehead atoms. The zero-order valence-corrected chi connectivity index (χ0v) is 12.1. The Labute approximate surface area is 115 Å². The Morgan fingerprint density at radius 1 is 1.21 bits per heavy atom. The van der Waals surface area contributed by atoms with E-state index in [2.05, 4.69) is 37.9 Å². The first-order valence-electron chi connectivity index (χ1n) is 6.64. The van der Waals surface area contributed by atoms with Gasteiger partial charge in [-0.05, 0) is 45.9 Å². The summed E-state index contributed by atoms with van der Waals surface area (Å²) in [6.45, 7) is 10.3. The number of halogens is 1. The van der Waals surface area contributed by atoms with E-state index in [-0.39, 0.29) is 5.82 Å². The molecule has 0 saturated heterocycles. The molecule has 1 rings (SSSR count). The number of nitrogens with one attached hydrogen (secondary N) is 1. The van der Waals surface area contributed by atoms with Gasteiger partial charge < -0.3 is 5.32 Å². The van der Waals surface area contributed by atoms with Crippen molar-refractivity contribution in [2.45, 2.75) is 39.8 Å². The fourth-order valence-electron chi connectivity index (χ4n) is 2.20. The number of rotatable bonds is 6. The molecule has 0 saturated carbocycles. The maximum Gasteiger partial charge on any atom is 0.126 e. The van der Waals surface area contributed by atoms with Gasteiger partial charge in [-0.15, -0.1) is 0 Å². The molecular weight excluding hydrogens is 241 g/mol. The lowest BCUT2D eigenvalue weighted by atomic mass is 10.2. The second-order valence-corrected chi connectivity index (χ2v) is 5.19. The number of nitrogens with zero attached hydrogens (tertiary/aromatic N) is 2. The van der Waals surface area contributed by atoms with Gasteiger partial charge in [0.1, 0.15) is 5.82 Å². The van der Waals surface area contributed by atoms with Gasteiger partial charge in [0, 0.05) is 30.9 Å². The molecule has 0 aromatic heterocycles. The van der Waals surface area contributed by atoms with Gasteiger partial charge in [0.05, 0.1) is 11.6 Å². The number of anilines is 1. The maximum absolute atomic E-state index is 13.3. The van der Waals surface area contributed by atoms with Crippen molar-refractivity contribution in [2.75, 3.05) is 18.4 Å². The van der Waals surface area contributed by atoms with E-state index in [9.17, 15) is 4.39 Å². The van der Waals surface area contributed by atoms with Gasteiger partial charge in [-0.1, -0.05) is 0 Å². The molecule has 0 amide bonds. The standard InChI is InChI=1S/C15H22FN3/c1-11(2)19(12(3)4)6-5-18-15-8-13(10-17)7-14(16)9-15/h7-9,11-12,18H,5-6H2,1-4H3. The molecule has 0 fully saturated rings. The van der Waals surface area contributed by atoms with Crippen molar-refractivity contribution in [2.24, 2.45) is 0 Å². The van der Waals surface area contributed by atoms with Crippen molar-refractivity contribution in [1.29, 1.82) is 5.26 Å². The van der Waals surface area contributed by atoms with Crippen molar-refractivity contribution in [1.82, 2.24) is 4.90 Å². The first-order chi connectivity index (χ1) is 8.93. The number of benzene rings is 1. The Hall–Kier alpha value is -1.60. The summed E-state index contributed by atoms with van der Waals surface area (Å²) in [5.74, 6) is -0.383. The van der Waals surface area contributed by atoms with Gasteiger partial charge in [-0.2, -0.15) is 5.26 Å². The molecule has 0 atom stereocenters. The van der Waals surface area contributed by atoms with Gasteiger partial charge in [-0.3, -0.25) is 4.90 Å². The van der Waals surface area contributed by atoms with Gasteiger partial charge in [-0.25, -0.2) is 4.39 Å². The van der Waals surface area contributed by atoms with Crippen molar-refractivity contribution in [3.05, 3.63) is 29.6 Å². The predicted octanol–water partition coefficient (Wildman–Crippen LogP) is 3.23. The molecule has 0 aliphatic rings. The van der Waals surface area contributed by atoms with Crippen molar-refractivity contribution in [3.63, 3.8) is 0 Å². The Balaban J connectivity index is 2.58. The SMILES string of the molecule is CC(C)N(CCNc1cc(F)cc(C#N)c1)C(C)C. The van der Waals surface area contributed by atoms with Crippen LogP contribution in [0.3, 0.4) is 0 Å². The highest BCUT2D eigenvalue weighted by atomic mass is 19.1. The zero-order chi connectivity index (χ0) is 14.4. The van der Waals surface area contributed by atoms with E-state index in [1.165, 1.54) is 12.1 Å². The molecule has 0 heterocycles. The van der Waals surface area contributed by atoms with Crippen LogP contribution >= 0.6 is 0 Å². The third-order valence-electron chi connectivity index (χ3n) is 3.05. The molecule has 19 heavy (non-hydrogen) atoms. The van der Waals surface area contributed by atoms with E-state index in [1.807, 2.05) is 6.07 Å². The van der Waals surface area contributed by atoms with Crippen LogP contribution in [0.2, 0.25) is 0 Å². The van der Waals surface area contributed by atoms with Crippen LogP contribution in [-0.2, 0) is 0 Å². The average molecular weight is 263 g/mol. The molecule has 0 spiro atoms. The monoisotopic (exact) mass is 263 g/mol. The van der Waals surface area contributed by atoms with Crippen molar-refractivity contribution >= 4 is 5.69 Å². The van der Waals surface area contributed by atoms with E-state index in [0.29, 0.717) is 23.3 Å². The van der Waals surface area contributed by atoms with Crippen molar-refractivity contribution in [3.8, 4) is 6.07 Å². The zero-order valence-electron chi connectivity index (χ0n) is 12.1. The highest BCUT2D eigenvalue weighted by Crippen LogP contribution is 2.13. The minimum absolute atomic E-state index is 0.340. The molecule has 4 heteroatoms. The summed E-state index contributed by atoms with van der Waals surface area (Å²) in [4.78, 5) is 2.36. The topological polar surface area (TPSA) is 39.1 Å². The molecule has 0 radical (unpaired) electrons. The summed E-state index contributed by atoms with van der Waals surface area (Å²) >= 11 is 0. The molecule has 0 aliphatic heterocycles. The van der Waals surface area contributed by atoms with Crippen LogP contribution < -0.4 is 5.32 Å². The maximum atomic E-state index is 13.3. The molecular formula is C15H22FN3. The lowest BCUT2D eigenvalue weighted by Gasteiger charge is -2.30. The van der Waals surface area contributed by atoms with Gasteiger partial charge in [0.15, 0.2) is 0 Å². The fraction of sp³-hybridized carbons (Fsp3) is 0.533. The quantitative estimate of drug-likeness (QED) is 0.856. The Kier molecular flexibility index (Phi) is 5.78. The molecule has 1 N–H and O–H groups in total. The highest BCUT2D eigenvalue weighted by Gasteiger charge is 2.12. The van der Waals surface area contributed by atoms with E-state index in [4.69, 9.17) is 5.26 Å². The number of hydrogen-bond donors (Lipinski definition) is 1. The summed E-state index contributed by atoms with van der Waals surface area (Å²) < 4.78 is 13.3. The summed E-state index contributed by atoms with van der Waals surface area (Å²) in [5, 5.41) is 12.0. The Morgan fingerprint density at radius 2 is 1.84 bits per heavy atom. The largest absolute Gasteiger partial charge is 0.384 e. The molecule has 3 nitrogen and oxygen atoms in total. The average Bonchev–Trinajstić information content (AvgIpc) is 2.32. The molecule has 0 aliphatic carbocycles.